The monoisotopic (exact) mass is 395 g/mol. The summed E-state index contributed by atoms with van der Waals surface area (Å²) < 4.78 is 26.8. The molecule has 0 saturated carbocycles. The number of nitrogens with one attached hydrogen (secondary N) is 1. The molecule has 4 rings (SSSR count). The normalized spacial score (nSPS) is 16.1. The van der Waals surface area contributed by atoms with Crippen molar-refractivity contribution in [2.45, 2.75) is 17.7 Å². The predicted molar refractivity (Wildman–Crippen MR) is 108 cm³/mol. The van der Waals surface area contributed by atoms with E-state index in [-0.39, 0.29) is 16.7 Å². The summed E-state index contributed by atoms with van der Waals surface area (Å²) in [5.74, 6) is -0.269. The molecule has 144 valence electrons. The Morgan fingerprint density at radius 2 is 1.75 bits per heavy atom. The lowest BCUT2D eigenvalue weighted by Gasteiger charge is -2.30. The number of nitrogens with zero attached hydrogens (tertiary/aromatic N) is 2. The first kappa shape index (κ1) is 18.6. The summed E-state index contributed by atoms with van der Waals surface area (Å²) in [5.41, 5.74) is 0.786. The summed E-state index contributed by atoms with van der Waals surface area (Å²) in [5, 5.41) is 5.09. The Morgan fingerprint density at radius 3 is 2.50 bits per heavy atom. The molecule has 0 aliphatic carbocycles. The maximum absolute atomic E-state index is 12.7. The van der Waals surface area contributed by atoms with Gasteiger partial charge in [0.05, 0.1) is 0 Å². The molecule has 28 heavy (non-hydrogen) atoms. The molecular weight excluding hydrogens is 374 g/mol. The summed E-state index contributed by atoms with van der Waals surface area (Å²) in [6, 6.07) is 16.9. The number of aromatic nitrogens is 1. The van der Waals surface area contributed by atoms with E-state index in [2.05, 4.69) is 10.3 Å². The van der Waals surface area contributed by atoms with Gasteiger partial charge in [-0.05, 0) is 36.4 Å². The van der Waals surface area contributed by atoms with Crippen LogP contribution in [-0.2, 0) is 14.8 Å². The number of carbonyl (C=O) groups is 1. The van der Waals surface area contributed by atoms with E-state index in [1.165, 1.54) is 10.5 Å². The van der Waals surface area contributed by atoms with Crippen molar-refractivity contribution >= 4 is 32.4 Å². The summed E-state index contributed by atoms with van der Waals surface area (Å²) >= 11 is 0. The number of pyridine rings is 1. The number of hydrogen-bond acceptors (Lipinski definition) is 4. The van der Waals surface area contributed by atoms with Crippen molar-refractivity contribution in [2.75, 3.05) is 18.4 Å². The van der Waals surface area contributed by atoms with E-state index >= 15 is 0 Å². The molecule has 1 aliphatic heterocycles. The standard InChI is InChI=1S/C21H21N3O3S/c25-21(23-20-9-3-6-16-5-1-2-8-19(16)20)17-10-13-24(14-11-17)28(26,27)18-7-4-12-22-15-18/h1-9,12,15,17H,10-11,13-14H2,(H,23,25). The molecule has 0 radical (unpaired) electrons. The maximum Gasteiger partial charge on any atom is 0.244 e. The van der Waals surface area contributed by atoms with Gasteiger partial charge in [0.2, 0.25) is 15.9 Å². The number of anilines is 1. The molecule has 6 nitrogen and oxygen atoms in total. The van der Waals surface area contributed by atoms with Gasteiger partial charge in [0.15, 0.2) is 0 Å². The molecule has 1 aromatic heterocycles. The van der Waals surface area contributed by atoms with Crippen LogP contribution < -0.4 is 5.32 Å². The van der Waals surface area contributed by atoms with Crippen LogP contribution in [0.15, 0.2) is 71.9 Å². The highest BCUT2D eigenvalue weighted by Crippen LogP contribution is 2.27. The molecule has 0 atom stereocenters. The summed E-state index contributed by atoms with van der Waals surface area (Å²) in [7, 11) is -3.56. The van der Waals surface area contributed by atoms with Crippen LogP contribution in [0.4, 0.5) is 5.69 Å². The van der Waals surface area contributed by atoms with Crippen molar-refractivity contribution in [3.8, 4) is 0 Å². The highest BCUT2D eigenvalue weighted by molar-refractivity contribution is 7.89. The molecule has 2 heterocycles. The van der Waals surface area contributed by atoms with Crippen molar-refractivity contribution in [3.63, 3.8) is 0 Å². The number of amides is 1. The van der Waals surface area contributed by atoms with Crippen LogP contribution in [0.5, 0.6) is 0 Å². The van der Waals surface area contributed by atoms with Crippen LogP contribution in [0.3, 0.4) is 0 Å². The van der Waals surface area contributed by atoms with Crippen LogP contribution in [0, 0.1) is 5.92 Å². The van der Waals surface area contributed by atoms with Crippen LogP contribution in [-0.4, -0.2) is 36.7 Å². The van der Waals surface area contributed by atoms with E-state index in [0.717, 1.165) is 16.5 Å². The number of rotatable bonds is 4. The molecule has 1 N–H and O–H groups in total. The average molecular weight is 395 g/mol. The van der Waals surface area contributed by atoms with Gasteiger partial charge in [-0.15, -0.1) is 0 Å². The highest BCUT2D eigenvalue weighted by Gasteiger charge is 2.32. The zero-order valence-electron chi connectivity index (χ0n) is 15.3. The number of carbonyl (C=O) groups excluding carboxylic acids is 1. The molecule has 0 unspecified atom stereocenters. The first-order valence-corrected chi connectivity index (χ1v) is 10.7. The summed E-state index contributed by atoms with van der Waals surface area (Å²) in [4.78, 5) is 16.8. The predicted octanol–water partition coefficient (Wildman–Crippen LogP) is 3.27. The van der Waals surface area contributed by atoms with Crippen LogP contribution in [0.2, 0.25) is 0 Å². The van der Waals surface area contributed by atoms with Crippen LogP contribution in [0.25, 0.3) is 10.8 Å². The fourth-order valence-electron chi connectivity index (χ4n) is 3.58. The fourth-order valence-corrected chi connectivity index (χ4v) is 5.01. The van der Waals surface area contributed by atoms with E-state index in [1.54, 1.807) is 18.3 Å². The average Bonchev–Trinajstić information content (AvgIpc) is 2.75. The van der Waals surface area contributed by atoms with E-state index in [1.807, 2.05) is 42.5 Å². The van der Waals surface area contributed by atoms with Crippen molar-refractivity contribution in [3.05, 3.63) is 67.0 Å². The maximum atomic E-state index is 12.7. The van der Waals surface area contributed by atoms with E-state index in [0.29, 0.717) is 25.9 Å². The summed E-state index contributed by atoms with van der Waals surface area (Å²) in [6.45, 7) is 0.649. The first-order chi connectivity index (χ1) is 13.6. The second kappa shape index (κ2) is 7.69. The molecule has 3 aromatic rings. The van der Waals surface area contributed by atoms with Gasteiger partial charge < -0.3 is 5.32 Å². The van der Waals surface area contributed by atoms with E-state index in [9.17, 15) is 13.2 Å². The third-order valence-corrected chi connectivity index (χ3v) is 7.03. The summed E-state index contributed by atoms with van der Waals surface area (Å²) in [6.07, 6.45) is 3.89. The molecule has 7 heteroatoms. The molecule has 1 saturated heterocycles. The SMILES string of the molecule is O=C(Nc1cccc2ccccc12)C1CCN(S(=O)(=O)c2cccnc2)CC1. The van der Waals surface area contributed by atoms with Gasteiger partial charge >= 0.3 is 0 Å². The van der Waals surface area contributed by atoms with Gasteiger partial charge in [0.1, 0.15) is 4.90 Å². The Labute approximate surface area is 164 Å². The lowest BCUT2D eigenvalue weighted by molar-refractivity contribution is -0.120. The third kappa shape index (κ3) is 3.63. The molecule has 2 aromatic carbocycles. The minimum Gasteiger partial charge on any atom is -0.325 e. The van der Waals surface area contributed by atoms with Gasteiger partial charge in [0, 0.05) is 42.5 Å². The Balaban J connectivity index is 1.43. The van der Waals surface area contributed by atoms with Crippen molar-refractivity contribution in [2.24, 2.45) is 5.92 Å². The second-order valence-electron chi connectivity index (χ2n) is 6.88. The minimum atomic E-state index is -3.56. The fraction of sp³-hybridized carbons (Fsp3) is 0.238. The zero-order valence-corrected chi connectivity index (χ0v) is 16.1. The molecule has 1 aliphatic rings. The number of fused-ring (bicyclic) bond motifs is 1. The van der Waals surface area contributed by atoms with Gasteiger partial charge in [-0.3, -0.25) is 9.78 Å². The van der Waals surface area contributed by atoms with Gasteiger partial charge in [-0.1, -0.05) is 36.4 Å². The Morgan fingerprint density at radius 1 is 1.00 bits per heavy atom. The van der Waals surface area contributed by atoms with E-state index < -0.39 is 10.0 Å². The molecule has 0 spiro atoms. The van der Waals surface area contributed by atoms with E-state index in [4.69, 9.17) is 0 Å². The number of benzene rings is 2. The Kier molecular flexibility index (Phi) is 5.11. The molecule has 0 bridgehead atoms. The number of sulfonamides is 1. The van der Waals surface area contributed by atoms with Crippen molar-refractivity contribution < 1.29 is 13.2 Å². The van der Waals surface area contributed by atoms with Gasteiger partial charge in [0.25, 0.3) is 0 Å². The Hall–Kier alpha value is -2.77. The zero-order chi connectivity index (χ0) is 19.6. The van der Waals surface area contributed by atoms with Gasteiger partial charge in [-0.2, -0.15) is 4.31 Å². The van der Waals surface area contributed by atoms with Crippen molar-refractivity contribution in [1.82, 2.24) is 9.29 Å². The lowest BCUT2D eigenvalue weighted by Crippen LogP contribution is -2.41. The highest BCUT2D eigenvalue weighted by atomic mass is 32.2. The second-order valence-corrected chi connectivity index (χ2v) is 8.82. The van der Waals surface area contributed by atoms with Gasteiger partial charge in [-0.25, -0.2) is 8.42 Å². The quantitative estimate of drug-likeness (QED) is 0.735. The Bertz CT molecular complexity index is 1090. The molecule has 1 amide bonds. The number of piperidine rings is 1. The smallest absolute Gasteiger partial charge is 0.244 e. The first-order valence-electron chi connectivity index (χ1n) is 9.24. The number of hydrogen-bond donors (Lipinski definition) is 1. The van der Waals surface area contributed by atoms with Crippen molar-refractivity contribution in [1.29, 1.82) is 0 Å². The molecule has 1 fully saturated rings. The largest absolute Gasteiger partial charge is 0.325 e. The molecular formula is C21H21N3O3S. The minimum absolute atomic E-state index is 0.0604. The van der Waals surface area contributed by atoms with Crippen LogP contribution >= 0.6 is 0 Å². The van der Waals surface area contributed by atoms with Crippen LogP contribution in [0.1, 0.15) is 12.8 Å². The topological polar surface area (TPSA) is 79.4 Å². The lowest BCUT2D eigenvalue weighted by atomic mass is 9.97. The third-order valence-electron chi connectivity index (χ3n) is 5.14.